The van der Waals surface area contributed by atoms with Gasteiger partial charge in [0, 0.05) is 33.4 Å². The Hall–Kier alpha value is -12.1. The van der Waals surface area contributed by atoms with Crippen molar-refractivity contribution in [2.24, 2.45) is 0 Å². The minimum Gasteiger partial charge on any atom is -0.208 e. The van der Waals surface area contributed by atoms with Crippen molar-refractivity contribution in [3.63, 3.8) is 0 Å². The van der Waals surface area contributed by atoms with Crippen molar-refractivity contribution < 1.29 is 0 Å². The first-order valence-corrected chi connectivity index (χ1v) is 30.3. The van der Waals surface area contributed by atoms with Crippen LogP contribution in [0.2, 0.25) is 0 Å². The van der Waals surface area contributed by atoms with Crippen LogP contribution < -0.4 is 0 Å². The summed E-state index contributed by atoms with van der Waals surface area (Å²) in [4.78, 5) is 31.1. The Morgan fingerprint density at radius 1 is 0.133 bits per heavy atom. The minimum absolute atomic E-state index is 0.589. The van der Waals surface area contributed by atoms with E-state index in [2.05, 4.69) is 285 Å². The summed E-state index contributed by atoms with van der Waals surface area (Å²) in [7, 11) is 0. The molecule has 0 fully saturated rings. The number of hydrogen-bond donors (Lipinski definition) is 0. The number of hydrogen-bond acceptors (Lipinski definition) is 6. The third-order valence-electron chi connectivity index (χ3n) is 17.0. The van der Waals surface area contributed by atoms with Crippen LogP contribution in [0.3, 0.4) is 0 Å². The minimum atomic E-state index is 0.589. The summed E-state index contributed by atoms with van der Waals surface area (Å²) in [6.07, 6.45) is 0. The van der Waals surface area contributed by atoms with E-state index in [9.17, 15) is 0 Å². The zero-order valence-electron chi connectivity index (χ0n) is 48.9. The van der Waals surface area contributed by atoms with Gasteiger partial charge in [-0.15, -0.1) is 0 Å². The van der Waals surface area contributed by atoms with Crippen molar-refractivity contribution in [2.75, 3.05) is 0 Å². The van der Waals surface area contributed by atoms with E-state index in [-0.39, 0.29) is 0 Å². The van der Waals surface area contributed by atoms with Crippen molar-refractivity contribution >= 4 is 32.3 Å². The van der Waals surface area contributed by atoms with E-state index in [1.165, 1.54) is 21.5 Å². The number of benzene rings is 14. The Kier molecular flexibility index (Phi) is 13.8. The van der Waals surface area contributed by atoms with Gasteiger partial charge in [-0.3, -0.25) is 0 Å². The highest BCUT2D eigenvalue weighted by Crippen LogP contribution is 2.40. The highest BCUT2D eigenvalue weighted by molar-refractivity contribution is 6.02. The molecular weight excluding hydrogens is 1090 g/mol. The van der Waals surface area contributed by atoms with Crippen LogP contribution >= 0.6 is 0 Å². The van der Waals surface area contributed by atoms with Gasteiger partial charge in [0.1, 0.15) is 0 Å². The normalized spacial score (nSPS) is 11.3. The molecule has 6 heteroatoms. The third kappa shape index (κ3) is 10.5. The smallest absolute Gasteiger partial charge is 0.164 e. The molecule has 0 N–H and O–H groups in total. The standard InChI is InChI=1S/C84H54N6/c1-4-17-55(18-5-1)57-33-41-64(42-34-57)80-85-79(63-23-8-3-9-24-63)86-81(87-80)67-47-39-62(40-48-67)75-30-16-27-69-51-68(49-50-78(69)75)59-37-45-66(46-38-59)83-88-82(65-43-35-58(36-44-65)56-19-6-2-7-20-56)89-84(90-83)72-53-70(76-31-14-25-60-21-10-12-28-73(60)76)52-71(54-72)77-32-15-26-61-22-11-13-29-74(61)77/h1-54H. The second kappa shape index (κ2) is 23.3. The van der Waals surface area contributed by atoms with E-state index in [0.29, 0.717) is 34.9 Å². The van der Waals surface area contributed by atoms with Gasteiger partial charge < -0.3 is 0 Å². The van der Waals surface area contributed by atoms with Crippen molar-refractivity contribution in [1.82, 2.24) is 29.9 Å². The highest BCUT2D eigenvalue weighted by atomic mass is 15.0. The molecule has 16 aromatic rings. The first-order chi connectivity index (χ1) is 44.5. The number of fused-ring (bicyclic) bond motifs is 3. The van der Waals surface area contributed by atoms with Gasteiger partial charge in [0.25, 0.3) is 0 Å². The summed E-state index contributed by atoms with van der Waals surface area (Å²) < 4.78 is 0. The molecule has 420 valence electrons. The lowest BCUT2D eigenvalue weighted by Crippen LogP contribution is -2.01. The highest BCUT2D eigenvalue weighted by Gasteiger charge is 2.19. The van der Waals surface area contributed by atoms with Crippen LogP contribution in [0.5, 0.6) is 0 Å². The van der Waals surface area contributed by atoms with Gasteiger partial charge in [0.2, 0.25) is 0 Å². The van der Waals surface area contributed by atoms with Gasteiger partial charge in [-0.1, -0.05) is 303 Å². The molecule has 2 heterocycles. The molecular formula is C84H54N6. The monoisotopic (exact) mass is 1150 g/mol. The first-order valence-electron chi connectivity index (χ1n) is 30.3. The summed E-state index contributed by atoms with van der Waals surface area (Å²) in [6, 6.07) is 115. The Bertz CT molecular complexity index is 5200. The molecule has 0 bridgehead atoms. The molecule has 90 heavy (non-hydrogen) atoms. The lowest BCUT2D eigenvalue weighted by Gasteiger charge is -2.15. The van der Waals surface area contributed by atoms with Gasteiger partial charge in [0.05, 0.1) is 0 Å². The average Bonchev–Trinajstić information content (AvgIpc) is 3.72. The zero-order valence-corrected chi connectivity index (χ0v) is 48.9. The predicted molar refractivity (Wildman–Crippen MR) is 371 cm³/mol. The molecule has 0 saturated carbocycles. The Morgan fingerprint density at radius 2 is 0.389 bits per heavy atom. The van der Waals surface area contributed by atoms with E-state index in [4.69, 9.17) is 29.9 Å². The second-order valence-corrected chi connectivity index (χ2v) is 22.6. The third-order valence-corrected chi connectivity index (χ3v) is 17.0. The molecule has 0 amide bonds. The van der Waals surface area contributed by atoms with Crippen LogP contribution in [0.1, 0.15) is 0 Å². The maximum atomic E-state index is 5.38. The topological polar surface area (TPSA) is 77.3 Å². The Morgan fingerprint density at radius 3 is 0.811 bits per heavy atom. The summed E-state index contributed by atoms with van der Waals surface area (Å²) >= 11 is 0. The van der Waals surface area contributed by atoms with E-state index >= 15 is 0 Å². The van der Waals surface area contributed by atoms with Crippen LogP contribution in [0.15, 0.2) is 328 Å². The SMILES string of the molecule is c1ccc(-c2ccc(-c3nc(-c4ccccc4)nc(-c4ccc(-c5cccc6cc(-c7ccc(-c8nc(-c9ccc(-c%10ccccc%10)cc9)nc(-c9cc(-c%10cccc%11ccccc%10%11)cc(-c%10cccc%11ccccc%10%11)c9)n8)cc7)ccc56)cc4)n3)cc2)cc1. The van der Waals surface area contributed by atoms with Crippen LogP contribution in [0.25, 0.3) is 167 Å². The van der Waals surface area contributed by atoms with E-state index < -0.39 is 0 Å². The fourth-order valence-corrected chi connectivity index (χ4v) is 12.3. The van der Waals surface area contributed by atoms with Crippen LogP contribution in [0.4, 0.5) is 0 Å². The maximum Gasteiger partial charge on any atom is 0.164 e. The van der Waals surface area contributed by atoms with Gasteiger partial charge in [-0.25, -0.2) is 29.9 Å². The second-order valence-electron chi connectivity index (χ2n) is 22.6. The number of nitrogens with zero attached hydrogens (tertiary/aromatic N) is 6. The molecule has 0 aliphatic heterocycles. The summed E-state index contributed by atoms with van der Waals surface area (Å²) in [5.41, 5.74) is 18.9. The fourth-order valence-electron chi connectivity index (χ4n) is 12.3. The Balaban J connectivity index is 0.738. The average molecular weight is 1150 g/mol. The molecule has 0 radical (unpaired) electrons. The van der Waals surface area contributed by atoms with Crippen molar-refractivity contribution in [1.29, 1.82) is 0 Å². The predicted octanol–water partition coefficient (Wildman–Crippen LogP) is 21.5. The number of rotatable bonds is 12. The molecule has 0 aliphatic rings. The molecule has 0 aliphatic carbocycles. The van der Waals surface area contributed by atoms with Gasteiger partial charge >= 0.3 is 0 Å². The van der Waals surface area contributed by atoms with Crippen LogP contribution in [-0.2, 0) is 0 Å². The van der Waals surface area contributed by atoms with E-state index in [0.717, 1.165) is 111 Å². The largest absolute Gasteiger partial charge is 0.208 e. The van der Waals surface area contributed by atoms with Gasteiger partial charge in [0.15, 0.2) is 34.9 Å². The van der Waals surface area contributed by atoms with Crippen LogP contribution in [-0.4, -0.2) is 29.9 Å². The molecule has 0 unspecified atom stereocenters. The summed E-state index contributed by atoms with van der Waals surface area (Å²) in [5, 5.41) is 7.03. The van der Waals surface area contributed by atoms with E-state index in [1.54, 1.807) is 0 Å². The van der Waals surface area contributed by atoms with Crippen LogP contribution in [0, 0.1) is 0 Å². The molecule has 2 aromatic heterocycles. The van der Waals surface area contributed by atoms with E-state index in [1.807, 2.05) is 42.5 Å². The molecule has 6 nitrogen and oxygen atoms in total. The molecule has 14 aromatic carbocycles. The molecule has 0 saturated heterocycles. The van der Waals surface area contributed by atoms with Crippen molar-refractivity contribution in [3.8, 4) is 135 Å². The Labute approximate surface area is 521 Å². The molecule has 0 atom stereocenters. The lowest BCUT2D eigenvalue weighted by molar-refractivity contribution is 1.07. The quantitative estimate of drug-likeness (QED) is 0.121. The zero-order chi connectivity index (χ0) is 59.7. The van der Waals surface area contributed by atoms with Crippen molar-refractivity contribution in [3.05, 3.63) is 328 Å². The van der Waals surface area contributed by atoms with Crippen molar-refractivity contribution in [2.45, 2.75) is 0 Å². The summed E-state index contributed by atoms with van der Waals surface area (Å²) in [5.74, 6) is 3.64. The lowest BCUT2D eigenvalue weighted by atomic mass is 9.91. The van der Waals surface area contributed by atoms with Gasteiger partial charge in [-0.2, -0.15) is 0 Å². The first kappa shape index (κ1) is 53.4. The molecule has 0 spiro atoms. The maximum absolute atomic E-state index is 5.38. The summed E-state index contributed by atoms with van der Waals surface area (Å²) in [6.45, 7) is 0. The fraction of sp³-hybridized carbons (Fsp3) is 0. The van der Waals surface area contributed by atoms with Gasteiger partial charge in [-0.05, 0) is 123 Å². The molecule has 16 rings (SSSR count). The number of aromatic nitrogens is 6.